The number of carboxylic acid groups (broad SMARTS) is 1. The van der Waals surface area contributed by atoms with E-state index in [4.69, 9.17) is 4.74 Å². The van der Waals surface area contributed by atoms with Crippen LogP contribution in [0.5, 0.6) is 0 Å². The summed E-state index contributed by atoms with van der Waals surface area (Å²) in [6.07, 6.45) is -1.65. The summed E-state index contributed by atoms with van der Waals surface area (Å²) in [6.45, 7) is 2.43. The summed E-state index contributed by atoms with van der Waals surface area (Å²) in [5.74, 6) is -6.77. The van der Waals surface area contributed by atoms with Crippen LogP contribution in [0.2, 0.25) is 0 Å². The number of aliphatic carboxylic acids is 1. The molecule has 2 aromatic rings. The largest absolute Gasteiger partial charge is 0.480 e. The number of carbonyl (C=O) groups excluding carboxylic acids is 2. The fourth-order valence-corrected chi connectivity index (χ4v) is 4.93. The lowest BCUT2D eigenvalue weighted by Gasteiger charge is -2.28. The number of amides is 2. The Labute approximate surface area is 202 Å². The molecule has 0 radical (unpaired) electrons. The number of fused-ring (bicyclic) bond motifs is 3. The number of carboxylic acids is 1. The van der Waals surface area contributed by atoms with Gasteiger partial charge in [0, 0.05) is 18.9 Å². The van der Waals surface area contributed by atoms with Crippen LogP contribution < -0.4 is 5.32 Å². The second-order valence-electron chi connectivity index (χ2n) is 9.44. The molecule has 7 nitrogen and oxygen atoms in total. The van der Waals surface area contributed by atoms with E-state index < -0.39 is 48.8 Å². The van der Waals surface area contributed by atoms with Gasteiger partial charge in [-0.1, -0.05) is 62.4 Å². The first-order valence-corrected chi connectivity index (χ1v) is 11.6. The maximum absolute atomic E-state index is 13.9. The van der Waals surface area contributed by atoms with Crippen molar-refractivity contribution in [2.75, 3.05) is 19.7 Å². The van der Waals surface area contributed by atoms with Crippen molar-refractivity contribution in [2.24, 2.45) is 11.8 Å². The van der Waals surface area contributed by atoms with Crippen molar-refractivity contribution in [1.82, 2.24) is 10.2 Å². The second kappa shape index (κ2) is 9.64. The first kappa shape index (κ1) is 24.6. The normalized spacial score (nSPS) is 19.2. The molecule has 9 heteroatoms. The van der Waals surface area contributed by atoms with E-state index in [-0.39, 0.29) is 25.0 Å². The monoisotopic (exact) mass is 486 g/mol. The van der Waals surface area contributed by atoms with Gasteiger partial charge in [-0.25, -0.2) is 18.4 Å². The van der Waals surface area contributed by atoms with Crippen molar-refractivity contribution in [3.8, 4) is 11.1 Å². The second-order valence-corrected chi connectivity index (χ2v) is 9.44. The Balaban J connectivity index is 1.39. The van der Waals surface area contributed by atoms with Gasteiger partial charge in [0.05, 0.1) is 12.5 Å². The molecular weight excluding hydrogens is 458 g/mol. The lowest BCUT2D eigenvalue weighted by atomic mass is 9.94. The van der Waals surface area contributed by atoms with Crippen LogP contribution in [0.1, 0.15) is 37.3 Å². The summed E-state index contributed by atoms with van der Waals surface area (Å²) in [6, 6.07) is 14.2. The third-order valence-corrected chi connectivity index (χ3v) is 6.77. The van der Waals surface area contributed by atoms with Gasteiger partial charge >= 0.3 is 12.1 Å². The molecule has 0 bridgehead atoms. The maximum atomic E-state index is 13.9. The third kappa shape index (κ3) is 4.99. The minimum Gasteiger partial charge on any atom is -0.480 e. The molecule has 2 N–H and O–H groups in total. The van der Waals surface area contributed by atoms with Gasteiger partial charge < -0.3 is 20.1 Å². The first-order chi connectivity index (χ1) is 16.6. The van der Waals surface area contributed by atoms with E-state index >= 15 is 0 Å². The quantitative estimate of drug-likeness (QED) is 0.614. The Morgan fingerprint density at radius 1 is 1.09 bits per heavy atom. The summed E-state index contributed by atoms with van der Waals surface area (Å²) in [7, 11) is 0. The minimum atomic E-state index is -3.26. The molecule has 1 aliphatic carbocycles. The summed E-state index contributed by atoms with van der Waals surface area (Å²) >= 11 is 0. The fourth-order valence-electron chi connectivity index (χ4n) is 4.93. The van der Waals surface area contributed by atoms with Crippen molar-refractivity contribution in [1.29, 1.82) is 0 Å². The van der Waals surface area contributed by atoms with Crippen molar-refractivity contribution < 1.29 is 33.0 Å². The SMILES string of the molecule is CC(C)C(CNC(=O)OCC1c2ccccc2-c2ccccc21)C(=O)N1CC(F)(F)CC1C(=O)O. The van der Waals surface area contributed by atoms with E-state index in [9.17, 15) is 28.3 Å². The molecule has 186 valence electrons. The molecule has 1 aliphatic heterocycles. The van der Waals surface area contributed by atoms with Gasteiger partial charge in [-0.15, -0.1) is 0 Å². The number of hydrogen-bond donors (Lipinski definition) is 2. The molecule has 2 aromatic carbocycles. The smallest absolute Gasteiger partial charge is 0.407 e. The highest BCUT2D eigenvalue weighted by atomic mass is 19.3. The molecule has 0 saturated carbocycles. The number of halogens is 2. The fraction of sp³-hybridized carbons (Fsp3) is 0.423. The zero-order valence-corrected chi connectivity index (χ0v) is 19.5. The van der Waals surface area contributed by atoms with E-state index in [1.807, 2.05) is 48.5 Å². The van der Waals surface area contributed by atoms with Crippen molar-refractivity contribution in [3.05, 3.63) is 59.7 Å². The molecule has 2 aliphatic rings. The average Bonchev–Trinajstić information content (AvgIpc) is 3.32. The molecular formula is C26H28F2N2O5. The molecule has 4 rings (SSSR count). The van der Waals surface area contributed by atoms with Gasteiger partial charge in [0.25, 0.3) is 5.92 Å². The van der Waals surface area contributed by atoms with E-state index in [2.05, 4.69) is 5.32 Å². The molecule has 2 atom stereocenters. The number of likely N-dealkylation sites (tertiary alicyclic amines) is 1. The van der Waals surface area contributed by atoms with E-state index in [0.29, 0.717) is 4.90 Å². The van der Waals surface area contributed by atoms with Crippen LogP contribution in [-0.4, -0.2) is 59.6 Å². The predicted octanol–water partition coefficient (Wildman–Crippen LogP) is 4.12. The van der Waals surface area contributed by atoms with Crippen molar-refractivity contribution >= 4 is 18.0 Å². The van der Waals surface area contributed by atoms with Crippen molar-refractivity contribution in [3.63, 3.8) is 0 Å². The van der Waals surface area contributed by atoms with Crippen LogP contribution in [0.25, 0.3) is 11.1 Å². The van der Waals surface area contributed by atoms with Crippen LogP contribution in [0.15, 0.2) is 48.5 Å². The Morgan fingerprint density at radius 3 is 2.20 bits per heavy atom. The number of rotatable bonds is 7. The van der Waals surface area contributed by atoms with E-state index in [0.717, 1.165) is 22.3 Å². The van der Waals surface area contributed by atoms with Gasteiger partial charge in [-0.05, 0) is 28.2 Å². The van der Waals surface area contributed by atoms with Crippen LogP contribution in [-0.2, 0) is 14.3 Å². The van der Waals surface area contributed by atoms with Crippen LogP contribution >= 0.6 is 0 Å². The first-order valence-electron chi connectivity index (χ1n) is 11.6. The Hall–Kier alpha value is -3.49. The van der Waals surface area contributed by atoms with Gasteiger partial charge in [-0.3, -0.25) is 4.79 Å². The van der Waals surface area contributed by atoms with Crippen molar-refractivity contribution in [2.45, 2.75) is 38.2 Å². The Kier molecular flexibility index (Phi) is 6.78. The Bertz CT molecular complexity index is 1090. The lowest BCUT2D eigenvalue weighted by Crippen LogP contribution is -2.48. The molecule has 2 unspecified atom stereocenters. The number of nitrogens with one attached hydrogen (secondary N) is 1. The predicted molar refractivity (Wildman–Crippen MR) is 124 cm³/mol. The molecule has 1 saturated heterocycles. The molecule has 1 fully saturated rings. The van der Waals surface area contributed by atoms with E-state index in [1.54, 1.807) is 13.8 Å². The number of alkyl halides is 2. The number of ether oxygens (including phenoxy) is 1. The van der Waals surface area contributed by atoms with E-state index in [1.165, 1.54) is 0 Å². The number of nitrogens with zero attached hydrogens (tertiary/aromatic N) is 1. The maximum Gasteiger partial charge on any atom is 0.407 e. The zero-order chi connectivity index (χ0) is 25.3. The number of carbonyl (C=O) groups is 3. The van der Waals surface area contributed by atoms with Gasteiger partial charge in [-0.2, -0.15) is 0 Å². The lowest BCUT2D eigenvalue weighted by molar-refractivity contribution is -0.150. The average molecular weight is 487 g/mol. The molecule has 0 spiro atoms. The van der Waals surface area contributed by atoms with Gasteiger partial charge in [0.2, 0.25) is 5.91 Å². The standard InChI is InChI=1S/C26H28F2N2O5/c1-15(2)20(23(31)30-14-26(27,28)11-22(30)24(32)33)12-29-25(34)35-13-21-18-9-5-3-7-16(18)17-8-4-6-10-19(17)21/h3-10,15,20-22H,11-14H2,1-2H3,(H,29,34)(H,32,33). The number of hydrogen-bond acceptors (Lipinski definition) is 4. The minimum absolute atomic E-state index is 0.0968. The molecule has 1 heterocycles. The highest BCUT2D eigenvalue weighted by molar-refractivity contribution is 5.86. The molecule has 35 heavy (non-hydrogen) atoms. The van der Waals surface area contributed by atoms with Gasteiger partial charge in [0.1, 0.15) is 12.6 Å². The van der Waals surface area contributed by atoms with Crippen LogP contribution in [0, 0.1) is 11.8 Å². The van der Waals surface area contributed by atoms with Crippen LogP contribution in [0.3, 0.4) is 0 Å². The van der Waals surface area contributed by atoms with Crippen LogP contribution in [0.4, 0.5) is 13.6 Å². The summed E-state index contributed by atoms with van der Waals surface area (Å²) in [5.41, 5.74) is 4.31. The highest BCUT2D eigenvalue weighted by Crippen LogP contribution is 2.44. The summed E-state index contributed by atoms with van der Waals surface area (Å²) in [4.78, 5) is 37.6. The topological polar surface area (TPSA) is 95.9 Å². The summed E-state index contributed by atoms with van der Waals surface area (Å²) < 4.78 is 33.2. The number of alkyl carbamates (subject to hydrolysis) is 1. The Morgan fingerprint density at radius 2 is 1.66 bits per heavy atom. The zero-order valence-electron chi connectivity index (χ0n) is 19.5. The third-order valence-electron chi connectivity index (χ3n) is 6.77. The molecule has 0 aromatic heterocycles. The molecule has 2 amide bonds. The summed E-state index contributed by atoms with van der Waals surface area (Å²) in [5, 5.41) is 11.9. The highest BCUT2D eigenvalue weighted by Gasteiger charge is 2.51. The number of benzene rings is 2. The van der Waals surface area contributed by atoms with Gasteiger partial charge in [0.15, 0.2) is 0 Å².